The summed E-state index contributed by atoms with van der Waals surface area (Å²) in [6.45, 7) is 4.43. The Morgan fingerprint density at radius 1 is 1.00 bits per heavy atom. The van der Waals surface area contributed by atoms with Crippen molar-refractivity contribution in [2.75, 3.05) is 25.0 Å². The Morgan fingerprint density at radius 2 is 1.77 bits per heavy atom. The molecule has 3 aliphatic rings. The summed E-state index contributed by atoms with van der Waals surface area (Å²) in [5.74, 6) is 1.71. The largest absolute Gasteiger partial charge is 0.384 e. The van der Waals surface area contributed by atoms with Gasteiger partial charge in [0.25, 0.3) is 0 Å². The summed E-state index contributed by atoms with van der Waals surface area (Å²) >= 11 is 0. The zero-order valence-electron chi connectivity index (χ0n) is 18.1. The minimum atomic E-state index is 0. The lowest BCUT2D eigenvalue weighted by Crippen LogP contribution is -2.33. The Hall–Kier alpha value is -1.55. The zero-order chi connectivity index (χ0) is 19.6. The molecule has 0 spiro atoms. The number of hydrogen-bond donors (Lipinski definition) is 1. The van der Waals surface area contributed by atoms with Gasteiger partial charge in [0.05, 0.1) is 0 Å². The molecule has 5 heteroatoms. The van der Waals surface area contributed by atoms with Crippen LogP contribution in [0.3, 0.4) is 0 Å². The number of piperidine rings is 1. The second-order valence-corrected chi connectivity index (χ2v) is 9.19. The highest BCUT2D eigenvalue weighted by Crippen LogP contribution is 2.43. The van der Waals surface area contributed by atoms with E-state index >= 15 is 0 Å². The third kappa shape index (κ3) is 5.27. The molecule has 1 aliphatic carbocycles. The maximum Gasteiger partial charge on any atom is 0.163 e. The molecule has 1 atom stereocenters. The zero-order valence-corrected chi connectivity index (χ0v) is 19.8. The van der Waals surface area contributed by atoms with Crippen molar-refractivity contribution in [2.45, 2.75) is 57.4 Å². The maximum absolute atomic E-state index is 13.1. The lowest BCUT2D eigenvalue weighted by Gasteiger charge is -2.32. The smallest absolute Gasteiger partial charge is 0.163 e. The van der Waals surface area contributed by atoms with E-state index in [-0.39, 0.29) is 24.8 Å². The van der Waals surface area contributed by atoms with E-state index in [0.29, 0.717) is 24.0 Å². The molecular formula is C26H34Cl2N2O. The first kappa shape index (κ1) is 24.1. The van der Waals surface area contributed by atoms with Gasteiger partial charge in [0.2, 0.25) is 0 Å². The van der Waals surface area contributed by atoms with E-state index in [1.807, 2.05) is 0 Å². The van der Waals surface area contributed by atoms with Gasteiger partial charge >= 0.3 is 0 Å². The number of carbonyl (C=O) groups excluding carboxylic acids is 1. The van der Waals surface area contributed by atoms with Crippen molar-refractivity contribution in [3.63, 3.8) is 0 Å². The molecule has 2 aliphatic heterocycles. The van der Waals surface area contributed by atoms with Crippen molar-refractivity contribution >= 4 is 36.3 Å². The standard InChI is InChI=1S/C26H32N2O.2ClH/c29-25(22-10-11-24-26-21(17-27-24)7-4-8-23(22)26)12-9-19-13-15-28(16-14-19)18-20-5-2-1-3-6-20;;/h1-3,5-6,10-11,19,21,27H,4,7-9,12-18H2;2*1H. The first-order valence-corrected chi connectivity index (χ1v) is 11.5. The van der Waals surface area contributed by atoms with Crippen LogP contribution < -0.4 is 5.32 Å². The number of rotatable bonds is 6. The second kappa shape index (κ2) is 10.8. The molecule has 0 amide bonds. The number of Topliss-reactive ketones (excluding diaryl/α,β-unsaturated/α-hetero) is 1. The molecule has 1 saturated heterocycles. The average molecular weight is 461 g/mol. The van der Waals surface area contributed by atoms with Crippen molar-refractivity contribution in [2.24, 2.45) is 5.92 Å². The SMILES string of the molecule is Cl.Cl.O=C(CCC1CCN(Cc2ccccc2)CC1)c1ccc2c3c1CCCC3CN2. The molecule has 2 heterocycles. The highest BCUT2D eigenvalue weighted by atomic mass is 35.5. The van der Waals surface area contributed by atoms with Crippen LogP contribution in [0.4, 0.5) is 5.69 Å². The third-order valence-corrected chi connectivity index (χ3v) is 7.32. The van der Waals surface area contributed by atoms with Crippen LogP contribution in [0.15, 0.2) is 42.5 Å². The summed E-state index contributed by atoms with van der Waals surface area (Å²) in [6, 6.07) is 15.0. The molecule has 3 nitrogen and oxygen atoms in total. The Balaban J connectivity index is 0.00000136. The summed E-state index contributed by atoms with van der Waals surface area (Å²) < 4.78 is 0. The summed E-state index contributed by atoms with van der Waals surface area (Å²) in [7, 11) is 0. The van der Waals surface area contributed by atoms with E-state index in [2.05, 4.69) is 52.7 Å². The average Bonchev–Trinajstić information content (AvgIpc) is 3.19. The first-order valence-electron chi connectivity index (χ1n) is 11.5. The molecule has 1 unspecified atom stereocenters. The van der Waals surface area contributed by atoms with Crippen LogP contribution in [-0.4, -0.2) is 30.3 Å². The quantitative estimate of drug-likeness (QED) is 0.516. The second-order valence-electron chi connectivity index (χ2n) is 9.19. The van der Waals surface area contributed by atoms with Gasteiger partial charge in [-0.2, -0.15) is 0 Å². The molecular weight excluding hydrogens is 427 g/mol. The van der Waals surface area contributed by atoms with Gasteiger partial charge in [0.15, 0.2) is 5.78 Å². The van der Waals surface area contributed by atoms with Crippen LogP contribution in [0, 0.1) is 5.92 Å². The van der Waals surface area contributed by atoms with Crippen molar-refractivity contribution in [1.29, 1.82) is 0 Å². The summed E-state index contributed by atoms with van der Waals surface area (Å²) in [4.78, 5) is 15.6. The van der Waals surface area contributed by atoms with E-state index < -0.39 is 0 Å². The van der Waals surface area contributed by atoms with E-state index in [0.717, 1.165) is 44.6 Å². The molecule has 168 valence electrons. The lowest BCUT2D eigenvalue weighted by atomic mass is 9.80. The van der Waals surface area contributed by atoms with Crippen LogP contribution in [0.5, 0.6) is 0 Å². The predicted molar refractivity (Wildman–Crippen MR) is 133 cm³/mol. The van der Waals surface area contributed by atoms with Crippen LogP contribution in [-0.2, 0) is 13.0 Å². The molecule has 0 saturated carbocycles. The fraction of sp³-hybridized carbons (Fsp3) is 0.500. The lowest BCUT2D eigenvalue weighted by molar-refractivity contribution is 0.0960. The fourth-order valence-electron chi connectivity index (χ4n) is 5.67. The molecule has 5 rings (SSSR count). The minimum absolute atomic E-state index is 0. The number of nitrogens with one attached hydrogen (secondary N) is 1. The van der Waals surface area contributed by atoms with Crippen molar-refractivity contribution in [3.8, 4) is 0 Å². The monoisotopic (exact) mass is 460 g/mol. The molecule has 0 radical (unpaired) electrons. The van der Waals surface area contributed by atoms with E-state index in [1.165, 1.54) is 48.1 Å². The van der Waals surface area contributed by atoms with Crippen molar-refractivity contribution < 1.29 is 4.79 Å². The molecule has 2 aromatic rings. The molecule has 1 fully saturated rings. The van der Waals surface area contributed by atoms with Crippen molar-refractivity contribution in [3.05, 3.63) is 64.7 Å². The maximum atomic E-state index is 13.1. The van der Waals surface area contributed by atoms with Gasteiger partial charge in [-0.15, -0.1) is 24.8 Å². The van der Waals surface area contributed by atoms with Gasteiger partial charge in [0, 0.05) is 36.7 Å². The number of hydrogen-bond acceptors (Lipinski definition) is 3. The number of halogens is 2. The van der Waals surface area contributed by atoms with Gasteiger partial charge < -0.3 is 5.32 Å². The van der Waals surface area contributed by atoms with E-state index in [1.54, 1.807) is 0 Å². The Kier molecular flexibility index (Phi) is 8.43. The molecule has 31 heavy (non-hydrogen) atoms. The normalized spacial score (nSPS) is 20.2. The van der Waals surface area contributed by atoms with Crippen molar-refractivity contribution in [1.82, 2.24) is 4.90 Å². The highest BCUT2D eigenvalue weighted by molar-refractivity contribution is 5.98. The Morgan fingerprint density at radius 3 is 2.55 bits per heavy atom. The molecule has 1 N–H and O–H groups in total. The van der Waals surface area contributed by atoms with Crippen LogP contribution in [0.2, 0.25) is 0 Å². The van der Waals surface area contributed by atoms with E-state index in [9.17, 15) is 4.79 Å². The summed E-state index contributed by atoms with van der Waals surface area (Å²) in [5.41, 5.74) is 6.55. The van der Waals surface area contributed by atoms with Crippen LogP contribution in [0.1, 0.15) is 71.5 Å². The number of nitrogens with zero attached hydrogens (tertiary/aromatic N) is 1. The van der Waals surface area contributed by atoms with Crippen LogP contribution in [0.25, 0.3) is 0 Å². The summed E-state index contributed by atoms with van der Waals surface area (Å²) in [6.07, 6.45) is 7.80. The Bertz CT molecular complexity index is 878. The Labute approximate surface area is 198 Å². The van der Waals surface area contributed by atoms with Gasteiger partial charge in [-0.1, -0.05) is 30.3 Å². The van der Waals surface area contributed by atoms with Gasteiger partial charge in [-0.05, 0) is 86.4 Å². The number of anilines is 1. The van der Waals surface area contributed by atoms with E-state index in [4.69, 9.17) is 0 Å². The minimum Gasteiger partial charge on any atom is -0.384 e. The number of ketones is 1. The third-order valence-electron chi connectivity index (χ3n) is 7.32. The number of carbonyl (C=O) groups is 1. The van der Waals surface area contributed by atoms with Gasteiger partial charge in [-0.3, -0.25) is 9.69 Å². The number of likely N-dealkylation sites (tertiary alicyclic amines) is 1. The molecule has 0 aromatic heterocycles. The van der Waals surface area contributed by atoms with Gasteiger partial charge in [0.1, 0.15) is 0 Å². The highest BCUT2D eigenvalue weighted by Gasteiger charge is 2.31. The topological polar surface area (TPSA) is 32.3 Å². The summed E-state index contributed by atoms with van der Waals surface area (Å²) in [5, 5.41) is 3.54. The predicted octanol–water partition coefficient (Wildman–Crippen LogP) is 6.25. The fourth-order valence-corrected chi connectivity index (χ4v) is 5.67. The molecule has 0 bridgehead atoms. The first-order chi connectivity index (χ1) is 14.3. The van der Waals surface area contributed by atoms with Crippen LogP contribution >= 0.6 is 24.8 Å². The van der Waals surface area contributed by atoms with Gasteiger partial charge in [-0.25, -0.2) is 0 Å². The number of benzene rings is 2. The molecule has 2 aromatic carbocycles.